The smallest absolute Gasteiger partial charge is 0.307 e. The zero-order chi connectivity index (χ0) is 17.7. The molecule has 0 bridgehead atoms. The molecule has 0 aliphatic heterocycles. The van der Waals surface area contributed by atoms with Crippen LogP contribution in [0.1, 0.15) is 23.2 Å². The van der Waals surface area contributed by atoms with Gasteiger partial charge in [-0.3, -0.25) is 14.4 Å². The largest absolute Gasteiger partial charge is 0.495 e. The molecule has 0 saturated heterocycles. The fourth-order valence-corrected chi connectivity index (χ4v) is 2.69. The van der Waals surface area contributed by atoms with Crippen molar-refractivity contribution in [1.82, 2.24) is 5.32 Å². The van der Waals surface area contributed by atoms with Gasteiger partial charge in [-0.25, -0.2) is 0 Å². The van der Waals surface area contributed by atoms with Crippen LogP contribution in [-0.2, 0) is 9.59 Å². The van der Waals surface area contributed by atoms with Crippen LogP contribution in [0.2, 0.25) is 0 Å². The van der Waals surface area contributed by atoms with Crippen LogP contribution >= 0.6 is 0 Å². The third-order valence-electron chi connectivity index (χ3n) is 4.03. The quantitative estimate of drug-likeness (QED) is 0.711. The molecule has 1 aromatic carbocycles. The summed E-state index contributed by atoms with van der Waals surface area (Å²) in [7, 11) is 2.96. The van der Waals surface area contributed by atoms with Crippen LogP contribution in [0.3, 0.4) is 0 Å². The normalized spacial score (nSPS) is 19.4. The summed E-state index contributed by atoms with van der Waals surface area (Å²) in [4.78, 5) is 35.6. The molecule has 1 aromatic rings. The average molecular weight is 332 g/mol. The van der Waals surface area contributed by atoms with E-state index in [1.165, 1.54) is 20.2 Å². The fourth-order valence-electron chi connectivity index (χ4n) is 2.69. The molecule has 0 unspecified atom stereocenters. The van der Waals surface area contributed by atoms with E-state index < -0.39 is 23.7 Å². The average Bonchev–Trinajstić information content (AvgIpc) is 2.60. The van der Waals surface area contributed by atoms with E-state index in [1.807, 2.05) is 6.08 Å². The predicted molar refractivity (Wildman–Crippen MR) is 88.0 cm³/mol. The Morgan fingerprint density at radius 3 is 2.42 bits per heavy atom. The number of ether oxygens (including phenoxy) is 1. The second-order valence-electron chi connectivity index (χ2n) is 5.48. The van der Waals surface area contributed by atoms with E-state index in [-0.39, 0.29) is 5.91 Å². The van der Waals surface area contributed by atoms with Crippen molar-refractivity contribution in [2.75, 3.05) is 19.5 Å². The van der Waals surface area contributed by atoms with E-state index in [1.54, 1.807) is 18.2 Å². The first-order valence-electron chi connectivity index (χ1n) is 7.56. The van der Waals surface area contributed by atoms with Gasteiger partial charge in [-0.15, -0.1) is 0 Å². The third kappa shape index (κ3) is 3.73. The first-order valence-corrected chi connectivity index (χ1v) is 7.56. The molecule has 2 rings (SSSR count). The highest BCUT2D eigenvalue weighted by atomic mass is 16.5. The lowest BCUT2D eigenvalue weighted by molar-refractivity contribution is -0.146. The van der Waals surface area contributed by atoms with Gasteiger partial charge in [-0.1, -0.05) is 12.2 Å². The first-order chi connectivity index (χ1) is 11.5. The van der Waals surface area contributed by atoms with E-state index >= 15 is 0 Å². The van der Waals surface area contributed by atoms with Gasteiger partial charge in [0.25, 0.3) is 5.91 Å². The maximum absolute atomic E-state index is 12.5. The Morgan fingerprint density at radius 2 is 1.83 bits per heavy atom. The summed E-state index contributed by atoms with van der Waals surface area (Å²) in [6.07, 6.45) is 4.26. The lowest BCUT2D eigenvalue weighted by atomic mass is 9.82. The van der Waals surface area contributed by atoms with Crippen molar-refractivity contribution >= 4 is 23.5 Å². The molecule has 2 atom stereocenters. The molecule has 1 aliphatic rings. The summed E-state index contributed by atoms with van der Waals surface area (Å²) in [5, 5.41) is 14.5. The lowest BCUT2D eigenvalue weighted by Gasteiger charge is -2.24. The van der Waals surface area contributed by atoms with Crippen molar-refractivity contribution in [1.29, 1.82) is 0 Å². The Balaban J connectivity index is 2.25. The van der Waals surface area contributed by atoms with Crippen molar-refractivity contribution in [3.8, 4) is 5.75 Å². The standard InChI is InChI=1S/C17H20N2O5/c1-18-15(20)10-7-8-14(24-2)13(9-10)19-16(21)11-5-3-4-6-12(11)17(22)23/h3-4,7-9,11-12H,5-6H2,1-2H3,(H,18,20)(H,19,21)(H,22,23)/t11-,12-/m0/s1. The topological polar surface area (TPSA) is 105 Å². The van der Waals surface area contributed by atoms with Gasteiger partial charge in [0.15, 0.2) is 0 Å². The number of hydrogen-bond acceptors (Lipinski definition) is 4. The molecule has 7 nitrogen and oxygen atoms in total. The van der Waals surface area contributed by atoms with Crippen LogP contribution in [-0.4, -0.2) is 37.0 Å². The molecule has 0 heterocycles. The second kappa shape index (κ2) is 7.63. The molecule has 3 N–H and O–H groups in total. The Hall–Kier alpha value is -2.83. The number of hydrogen-bond donors (Lipinski definition) is 3. The minimum absolute atomic E-state index is 0.294. The van der Waals surface area contributed by atoms with Gasteiger partial charge in [0.2, 0.25) is 5.91 Å². The van der Waals surface area contributed by atoms with Crippen molar-refractivity contribution < 1.29 is 24.2 Å². The van der Waals surface area contributed by atoms with Crippen LogP contribution in [0.5, 0.6) is 5.75 Å². The lowest BCUT2D eigenvalue weighted by Crippen LogP contribution is -2.34. The van der Waals surface area contributed by atoms with Crippen molar-refractivity contribution in [3.05, 3.63) is 35.9 Å². The Labute approximate surface area is 139 Å². The summed E-state index contributed by atoms with van der Waals surface area (Å²) >= 11 is 0. The maximum Gasteiger partial charge on any atom is 0.307 e. The number of anilines is 1. The summed E-state index contributed by atoms with van der Waals surface area (Å²) in [6, 6.07) is 4.66. The molecule has 1 aliphatic carbocycles. The molecule has 24 heavy (non-hydrogen) atoms. The highest BCUT2D eigenvalue weighted by Gasteiger charge is 2.34. The molecule has 0 fully saturated rings. The number of benzene rings is 1. The van der Waals surface area contributed by atoms with Crippen molar-refractivity contribution in [2.45, 2.75) is 12.8 Å². The van der Waals surface area contributed by atoms with Crippen LogP contribution in [0, 0.1) is 11.8 Å². The summed E-state index contributed by atoms with van der Waals surface area (Å²) in [5.41, 5.74) is 0.703. The Morgan fingerprint density at radius 1 is 1.17 bits per heavy atom. The number of amides is 2. The minimum Gasteiger partial charge on any atom is -0.495 e. The predicted octanol–water partition coefficient (Wildman–Crippen LogP) is 1.66. The SMILES string of the molecule is CNC(=O)c1ccc(OC)c(NC(=O)[C@H]2CC=CC[C@@H]2C(=O)O)c1. The van der Waals surface area contributed by atoms with Crippen molar-refractivity contribution in [2.24, 2.45) is 11.8 Å². The molecule has 7 heteroatoms. The Kier molecular flexibility index (Phi) is 5.57. The van der Waals surface area contributed by atoms with Gasteiger partial charge in [-0.05, 0) is 31.0 Å². The highest BCUT2D eigenvalue weighted by Crippen LogP contribution is 2.30. The molecule has 2 amide bonds. The number of allylic oxidation sites excluding steroid dienone is 2. The number of nitrogens with one attached hydrogen (secondary N) is 2. The van der Waals surface area contributed by atoms with E-state index in [4.69, 9.17) is 4.74 Å². The van der Waals surface area contributed by atoms with Crippen LogP contribution in [0.15, 0.2) is 30.4 Å². The van der Waals surface area contributed by atoms with Gasteiger partial charge in [0, 0.05) is 12.6 Å². The molecule has 0 aromatic heterocycles. The minimum atomic E-state index is -0.995. The molecular weight excluding hydrogens is 312 g/mol. The van der Waals surface area contributed by atoms with Crippen LogP contribution in [0.4, 0.5) is 5.69 Å². The number of carbonyl (C=O) groups excluding carboxylic acids is 2. The monoisotopic (exact) mass is 332 g/mol. The number of carboxylic acids is 1. The van der Waals surface area contributed by atoms with E-state index in [0.717, 1.165) is 0 Å². The van der Waals surface area contributed by atoms with Crippen molar-refractivity contribution in [3.63, 3.8) is 0 Å². The third-order valence-corrected chi connectivity index (χ3v) is 4.03. The summed E-state index contributed by atoms with van der Waals surface area (Å²) in [6.45, 7) is 0. The second-order valence-corrected chi connectivity index (χ2v) is 5.48. The van der Waals surface area contributed by atoms with Gasteiger partial charge in [0.1, 0.15) is 5.75 Å². The number of rotatable bonds is 5. The number of aliphatic carboxylic acids is 1. The van der Waals surface area contributed by atoms with E-state index in [9.17, 15) is 19.5 Å². The molecular formula is C17H20N2O5. The molecule has 0 radical (unpaired) electrons. The number of methoxy groups -OCH3 is 1. The van der Waals surface area contributed by atoms with E-state index in [2.05, 4.69) is 10.6 Å². The maximum atomic E-state index is 12.5. The highest BCUT2D eigenvalue weighted by molar-refractivity contribution is 5.99. The number of carbonyl (C=O) groups is 3. The van der Waals surface area contributed by atoms with Gasteiger partial charge >= 0.3 is 5.97 Å². The van der Waals surface area contributed by atoms with Crippen LogP contribution < -0.4 is 15.4 Å². The zero-order valence-electron chi connectivity index (χ0n) is 13.5. The fraction of sp³-hybridized carbons (Fsp3) is 0.353. The van der Waals surface area contributed by atoms with Gasteiger partial charge in [0.05, 0.1) is 24.6 Å². The molecule has 0 saturated carbocycles. The molecule has 0 spiro atoms. The first kappa shape index (κ1) is 17.5. The summed E-state index contributed by atoms with van der Waals surface area (Å²) in [5.74, 6) is -2.72. The van der Waals surface area contributed by atoms with Gasteiger partial charge in [-0.2, -0.15) is 0 Å². The Bertz CT molecular complexity index is 684. The van der Waals surface area contributed by atoms with E-state index in [0.29, 0.717) is 29.8 Å². The van der Waals surface area contributed by atoms with Gasteiger partial charge < -0.3 is 20.5 Å². The number of carboxylic acid groups (broad SMARTS) is 1. The van der Waals surface area contributed by atoms with Crippen LogP contribution in [0.25, 0.3) is 0 Å². The zero-order valence-corrected chi connectivity index (χ0v) is 13.5. The molecule has 128 valence electrons. The summed E-state index contributed by atoms with van der Waals surface area (Å²) < 4.78 is 5.20.